The van der Waals surface area contributed by atoms with Crippen LogP contribution in [-0.2, 0) is 4.74 Å². The Labute approximate surface area is 95.7 Å². The van der Waals surface area contributed by atoms with Gasteiger partial charge in [0.25, 0.3) is 0 Å². The summed E-state index contributed by atoms with van der Waals surface area (Å²) in [6.45, 7) is 1.40. The zero-order valence-electron chi connectivity index (χ0n) is 8.99. The van der Waals surface area contributed by atoms with E-state index in [-0.39, 0.29) is 22.6 Å². The normalized spacial score (nSPS) is 12.6. The number of nitrogens with zero attached hydrogens (tertiary/aromatic N) is 2. The average Bonchev–Trinajstić information content (AvgIpc) is 2.67. The van der Waals surface area contributed by atoms with E-state index < -0.39 is 12.1 Å². The van der Waals surface area contributed by atoms with Crippen LogP contribution in [0.15, 0.2) is 22.8 Å². The first-order valence-electron chi connectivity index (χ1n) is 4.92. The number of carbonyl (C=O) groups excluding carboxylic acids is 1. The van der Waals surface area contributed by atoms with Crippen LogP contribution in [0.25, 0.3) is 11.0 Å². The molecule has 1 N–H and O–H groups in total. The van der Waals surface area contributed by atoms with Crippen LogP contribution in [0.5, 0.6) is 0 Å². The van der Waals surface area contributed by atoms with Gasteiger partial charge in [-0.3, -0.25) is 4.63 Å². The van der Waals surface area contributed by atoms with Gasteiger partial charge in [0, 0.05) is 11.2 Å². The minimum absolute atomic E-state index is 0.0993. The topological polar surface area (TPSA) is 99.5 Å². The molecule has 0 amide bonds. The van der Waals surface area contributed by atoms with Gasteiger partial charge in [-0.05, 0) is 24.0 Å². The van der Waals surface area contributed by atoms with Gasteiger partial charge in [-0.15, -0.1) is 0 Å². The maximum absolute atomic E-state index is 11.5. The fraction of sp³-hybridized carbons (Fsp3) is 0.300. The number of esters is 1. The molecule has 2 aromatic rings. The molecule has 0 aliphatic heterocycles. The molecule has 0 spiro atoms. The van der Waals surface area contributed by atoms with Crippen molar-refractivity contribution in [3.05, 3.63) is 29.0 Å². The van der Waals surface area contributed by atoms with Gasteiger partial charge in [-0.1, -0.05) is 0 Å². The van der Waals surface area contributed by atoms with Gasteiger partial charge in [-0.2, -0.15) is 0 Å². The lowest BCUT2D eigenvalue weighted by molar-refractivity contribution is -0.782. The Morgan fingerprint density at radius 3 is 3.18 bits per heavy atom. The van der Waals surface area contributed by atoms with Gasteiger partial charge < -0.3 is 15.1 Å². The largest absolute Gasteiger partial charge is 0.459 e. The van der Waals surface area contributed by atoms with E-state index in [4.69, 9.17) is 9.84 Å². The van der Waals surface area contributed by atoms with E-state index in [1.165, 1.54) is 25.1 Å². The first-order valence-corrected chi connectivity index (χ1v) is 4.92. The van der Waals surface area contributed by atoms with Crippen LogP contribution >= 0.6 is 0 Å². The monoisotopic (exact) mass is 238 g/mol. The fourth-order valence-corrected chi connectivity index (χ4v) is 1.28. The molecule has 2 rings (SSSR count). The molecule has 7 nitrogen and oxygen atoms in total. The van der Waals surface area contributed by atoms with Crippen LogP contribution in [0.3, 0.4) is 0 Å². The Bertz CT molecular complexity index is 549. The quantitative estimate of drug-likeness (QED) is 0.596. The zero-order valence-corrected chi connectivity index (χ0v) is 8.99. The lowest BCUT2D eigenvalue weighted by Crippen LogP contribution is -2.23. The van der Waals surface area contributed by atoms with Crippen molar-refractivity contribution in [3.8, 4) is 0 Å². The molecule has 1 heterocycles. The summed E-state index contributed by atoms with van der Waals surface area (Å²) in [5.74, 6) is -0.617. The van der Waals surface area contributed by atoms with Crippen molar-refractivity contribution >= 4 is 17.0 Å². The third kappa shape index (κ3) is 2.34. The second-order valence-electron chi connectivity index (χ2n) is 3.58. The van der Waals surface area contributed by atoms with Crippen LogP contribution in [0, 0.1) is 5.21 Å². The molecule has 17 heavy (non-hydrogen) atoms. The van der Waals surface area contributed by atoms with E-state index in [1.54, 1.807) is 0 Å². The molecule has 0 saturated heterocycles. The summed E-state index contributed by atoms with van der Waals surface area (Å²) < 4.78 is 9.17. The lowest BCUT2D eigenvalue weighted by atomic mass is 10.2. The number of hydrogen-bond donors (Lipinski definition) is 1. The van der Waals surface area contributed by atoms with Gasteiger partial charge in [0.15, 0.2) is 0 Å². The van der Waals surface area contributed by atoms with Crippen molar-refractivity contribution in [1.82, 2.24) is 5.16 Å². The highest BCUT2D eigenvalue weighted by Crippen LogP contribution is 2.11. The number of hydrogen-bond acceptors (Lipinski definition) is 6. The van der Waals surface area contributed by atoms with E-state index in [0.29, 0.717) is 5.52 Å². The standard InChI is InChI=1S/C10H10N2O5/c1-6(13)5-16-10(14)7-2-3-8-9(4-7)12(15)17-11-8/h2-4,6,13H,5H2,1H3. The zero-order chi connectivity index (χ0) is 12.4. The molecule has 1 aromatic carbocycles. The Balaban J connectivity index is 2.23. The first-order chi connectivity index (χ1) is 8.08. The maximum Gasteiger partial charge on any atom is 0.338 e. The second-order valence-corrected chi connectivity index (χ2v) is 3.58. The molecule has 1 aromatic heterocycles. The summed E-state index contributed by atoms with van der Waals surface area (Å²) >= 11 is 0. The van der Waals surface area contributed by atoms with Gasteiger partial charge >= 0.3 is 5.97 Å². The van der Waals surface area contributed by atoms with Gasteiger partial charge in [0.05, 0.1) is 11.7 Å². The molecule has 0 aliphatic rings. The van der Waals surface area contributed by atoms with Crippen LogP contribution in [0.1, 0.15) is 17.3 Å². The summed E-state index contributed by atoms with van der Waals surface area (Å²) in [5.41, 5.74) is 0.703. The number of aliphatic hydroxyl groups excluding tert-OH is 1. The van der Waals surface area contributed by atoms with Crippen molar-refractivity contribution in [2.24, 2.45) is 0 Å². The highest BCUT2D eigenvalue weighted by atomic mass is 16.8. The molecule has 0 saturated carbocycles. The minimum Gasteiger partial charge on any atom is -0.459 e. The van der Waals surface area contributed by atoms with E-state index in [9.17, 15) is 10.0 Å². The average molecular weight is 238 g/mol. The van der Waals surface area contributed by atoms with Crippen molar-refractivity contribution in [1.29, 1.82) is 0 Å². The predicted molar refractivity (Wildman–Crippen MR) is 54.9 cm³/mol. The Morgan fingerprint density at radius 2 is 2.47 bits per heavy atom. The molecule has 7 heteroatoms. The summed E-state index contributed by atoms with van der Waals surface area (Å²) in [4.78, 5) is 11.7. The van der Waals surface area contributed by atoms with Crippen molar-refractivity contribution in [2.45, 2.75) is 13.0 Å². The van der Waals surface area contributed by atoms with Crippen LogP contribution in [0.2, 0.25) is 0 Å². The highest BCUT2D eigenvalue weighted by Gasteiger charge is 2.14. The summed E-state index contributed by atoms with van der Waals surface area (Å²) in [6, 6.07) is 4.27. The molecule has 0 fully saturated rings. The molecule has 90 valence electrons. The van der Waals surface area contributed by atoms with Crippen LogP contribution < -0.4 is 4.90 Å². The van der Waals surface area contributed by atoms with Crippen LogP contribution in [0.4, 0.5) is 0 Å². The molecule has 0 bridgehead atoms. The molecular formula is C10H10N2O5. The summed E-state index contributed by atoms with van der Waals surface area (Å²) in [6.07, 6.45) is -0.734. The molecular weight excluding hydrogens is 228 g/mol. The highest BCUT2D eigenvalue weighted by molar-refractivity contribution is 5.92. The molecule has 0 aliphatic carbocycles. The first kappa shape index (κ1) is 11.3. The number of ether oxygens (including phenoxy) is 1. The summed E-state index contributed by atoms with van der Waals surface area (Å²) in [5, 5.41) is 23.6. The molecule has 0 radical (unpaired) electrons. The fourth-order valence-electron chi connectivity index (χ4n) is 1.28. The van der Waals surface area contributed by atoms with Crippen molar-refractivity contribution in [3.63, 3.8) is 0 Å². The minimum atomic E-state index is -0.734. The third-order valence-electron chi connectivity index (χ3n) is 2.08. The van der Waals surface area contributed by atoms with Gasteiger partial charge in [0.1, 0.15) is 6.61 Å². The van der Waals surface area contributed by atoms with Crippen molar-refractivity contribution < 1.29 is 24.2 Å². The Hall–Kier alpha value is -2.15. The number of aromatic nitrogens is 2. The van der Waals surface area contributed by atoms with Gasteiger partial charge in [0.2, 0.25) is 11.0 Å². The lowest BCUT2D eigenvalue weighted by Gasteiger charge is -2.05. The number of rotatable bonds is 3. The number of benzene rings is 1. The Kier molecular flexibility index (Phi) is 2.92. The number of aliphatic hydroxyl groups is 1. The SMILES string of the molecule is CC(O)COC(=O)c1ccc2no[n+]([O-])c2c1. The van der Waals surface area contributed by atoms with Crippen molar-refractivity contribution in [2.75, 3.05) is 6.61 Å². The van der Waals surface area contributed by atoms with E-state index in [2.05, 4.69) is 9.79 Å². The number of fused-ring (bicyclic) bond motifs is 1. The summed E-state index contributed by atoms with van der Waals surface area (Å²) in [7, 11) is 0. The third-order valence-corrected chi connectivity index (χ3v) is 2.08. The maximum atomic E-state index is 11.5. The molecule has 1 atom stereocenters. The van der Waals surface area contributed by atoms with E-state index >= 15 is 0 Å². The Morgan fingerprint density at radius 1 is 1.71 bits per heavy atom. The number of carbonyl (C=O) groups is 1. The predicted octanol–water partition coefficient (Wildman–Crippen LogP) is -0.00120. The second kappa shape index (κ2) is 4.38. The van der Waals surface area contributed by atoms with Gasteiger partial charge in [-0.25, -0.2) is 4.79 Å². The van der Waals surface area contributed by atoms with E-state index in [0.717, 1.165) is 0 Å². The molecule has 1 unspecified atom stereocenters. The smallest absolute Gasteiger partial charge is 0.338 e. The van der Waals surface area contributed by atoms with Crippen LogP contribution in [-0.4, -0.2) is 28.9 Å². The van der Waals surface area contributed by atoms with E-state index in [1.807, 2.05) is 0 Å².